The maximum absolute atomic E-state index is 12.0. The lowest BCUT2D eigenvalue weighted by atomic mass is 9.87. The number of benzene rings is 1. The van der Waals surface area contributed by atoms with Crippen molar-refractivity contribution >= 4 is 23.7 Å². The summed E-state index contributed by atoms with van der Waals surface area (Å²) in [6.07, 6.45) is 3.29. The molecule has 0 unspecified atom stereocenters. The number of hydrogen-bond acceptors (Lipinski definition) is 5. The Morgan fingerprint density at radius 1 is 1.14 bits per heavy atom. The zero-order chi connectivity index (χ0) is 21.4. The van der Waals surface area contributed by atoms with E-state index in [4.69, 9.17) is 0 Å². The van der Waals surface area contributed by atoms with Crippen LogP contribution in [-0.2, 0) is 16.8 Å². The molecule has 154 valence electrons. The minimum atomic E-state index is -0.553. The summed E-state index contributed by atoms with van der Waals surface area (Å²) in [4.78, 5) is 23.5. The van der Waals surface area contributed by atoms with Crippen molar-refractivity contribution in [2.24, 2.45) is 0 Å². The fourth-order valence-corrected chi connectivity index (χ4v) is 3.27. The first kappa shape index (κ1) is 22.4. The standard InChI is InChI=1S/C21H27N5O2S/c1-6-12-22-19(28)23-17(27)14-29-20-25-24-18(26(20)13-7-2)15-8-10-16(11-9-15)21(3,4)5/h6-11H,1-2,12-14H2,3-5H3,(H2,22,23,27,28). The Kier molecular flexibility index (Phi) is 7.78. The first-order chi connectivity index (χ1) is 13.8. The van der Waals surface area contributed by atoms with Crippen molar-refractivity contribution in [2.75, 3.05) is 12.3 Å². The van der Waals surface area contributed by atoms with Crippen LogP contribution < -0.4 is 10.6 Å². The summed E-state index contributed by atoms with van der Waals surface area (Å²) in [6, 6.07) is 7.67. The lowest BCUT2D eigenvalue weighted by molar-refractivity contribution is -0.117. The molecule has 2 rings (SSSR count). The molecule has 0 spiro atoms. The van der Waals surface area contributed by atoms with E-state index in [9.17, 15) is 9.59 Å². The summed E-state index contributed by atoms with van der Waals surface area (Å²) in [5.74, 6) is 0.331. The zero-order valence-electron chi connectivity index (χ0n) is 17.1. The van der Waals surface area contributed by atoms with Crippen LogP contribution in [0.2, 0.25) is 0 Å². The largest absolute Gasteiger partial charge is 0.334 e. The molecule has 1 aromatic heterocycles. The molecule has 7 nitrogen and oxygen atoms in total. The van der Waals surface area contributed by atoms with Crippen molar-refractivity contribution in [3.8, 4) is 11.4 Å². The number of carbonyl (C=O) groups excluding carboxylic acids is 2. The predicted molar refractivity (Wildman–Crippen MR) is 117 cm³/mol. The van der Waals surface area contributed by atoms with Crippen LogP contribution in [-0.4, -0.2) is 39.0 Å². The zero-order valence-corrected chi connectivity index (χ0v) is 17.9. The molecule has 2 aromatic rings. The molecule has 1 heterocycles. The number of allylic oxidation sites excluding steroid dienone is 1. The molecular weight excluding hydrogens is 386 g/mol. The smallest absolute Gasteiger partial charge is 0.321 e. The second-order valence-corrected chi connectivity index (χ2v) is 8.31. The number of urea groups is 1. The molecule has 0 fully saturated rings. The summed E-state index contributed by atoms with van der Waals surface area (Å²) in [6.45, 7) is 14.6. The second-order valence-electron chi connectivity index (χ2n) is 7.37. The maximum atomic E-state index is 12.0. The van der Waals surface area contributed by atoms with Gasteiger partial charge in [-0.05, 0) is 11.0 Å². The van der Waals surface area contributed by atoms with Gasteiger partial charge in [-0.2, -0.15) is 0 Å². The number of nitrogens with one attached hydrogen (secondary N) is 2. The van der Waals surface area contributed by atoms with Gasteiger partial charge in [0.25, 0.3) is 0 Å². The number of imide groups is 1. The molecule has 0 atom stereocenters. The third-order valence-electron chi connectivity index (χ3n) is 4.03. The number of rotatable bonds is 8. The third kappa shape index (κ3) is 6.32. The summed E-state index contributed by atoms with van der Waals surface area (Å²) in [5.41, 5.74) is 2.24. The summed E-state index contributed by atoms with van der Waals surface area (Å²) in [5, 5.41) is 13.8. The fourth-order valence-electron chi connectivity index (χ4n) is 2.52. The van der Waals surface area contributed by atoms with E-state index in [-0.39, 0.29) is 17.7 Å². The van der Waals surface area contributed by atoms with Crippen molar-refractivity contribution in [1.82, 2.24) is 25.4 Å². The highest BCUT2D eigenvalue weighted by Gasteiger charge is 2.17. The number of amides is 3. The molecule has 0 saturated carbocycles. The highest BCUT2D eigenvalue weighted by molar-refractivity contribution is 7.99. The van der Waals surface area contributed by atoms with Crippen LogP contribution in [0.25, 0.3) is 11.4 Å². The summed E-state index contributed by atoms with van der Waals surface area (Å²) in [7, 11) is 0. The predicted octanol–water partition coefficient (Wildman–Crippen LogP) is 3.53. The van der Waals surface area contributed by atoms with Crippen molar-refractivity contribution in [3.63, 3.8) is 0 Å². The molecule has 1 aromatic carbocycles. The van der Waals surface area contributed by atoms with Crippen LogP contribution in [0, 0.1) is 0 Å². The van der Waals surface area contributed by atoms with Gasteiger partial charge < -0.3 is 5.32 Å². The van der Waals surface area contributed by atoms with Gasteiger partial charge >= 0.3 is 6.03 Å². The van der Waals surface area contributed by atoms with E-state index in [0.717, 1.165) is 5.56 Å². The SMILES string of the molecule is C=CCNC(=O)NC(=O)CSc1nnc(-c2ccc(C(C)(C)C)cc2)n1CC=C. The van der Waals surface area contributed by atoms with Crippen LogP contribution in [0.4, 0.5) is 4.79 Å². The van der Waals surface area contributed by atoms with Crippen LogP contribution in [0.1, 0.15) is 26.3 Å². The van der Waals surface area contributed by atoms with Gasteiger partial charge in [0.15, 0.2) is 11.0 Å². The molecule has 0 aliphatic heterocycles. The van der Waals surface area contributed by atoms with Crippen molar-refractivity contribution in [2.45, 2.75) is 37.9 Å². The Balaban J connectivity index is 2.12. The van der Waals surface area contributed by atoms with Crippen LogP contribution in [0.15, 0.2) is 54.7 Å². The van der Waals surface area contributed by atoms with Gasteiger partial charge in [-0.1, -0.05) is 69.0 Å². The lowest BCUT2D eigenvalue weighted by Crippen LogP contribution is -2.40. The number of hydrogen-bond donors (Lipinski definition) is 2. The molecule has 2 N–H and O–H groups in total. The number of thioether (sulfide) groups is 1. The van der Waals surface area contributed by atoms with Gasteiger partial charge in [-0.15, -0.1) is 23.4 Å². The maximum Gasteiger partial charge on any atom is 0.321 e. The average Bonchev–Trinajstić information content (AvgIpc) is 3.07. The first-order valence-electron chi connectivity index (χ1n) is 9.22. The molecule has 0 radical (unpaired) electrons. The van der Waals surface area contributed by atoms with E-state index < -0.39 is 11.9 Å². The van der Waals surface area contributed by atoms with Crippen molar-refractivity contribution in [3.05, 3.63) is 55.1 Å². The Morgan fingerprint density at radius 2 is 1.83 bits per heavy atom. The molecule has 0 saturated heterocycles. The lowest BCUT2D eigenvalue weighted by Gasteiger charge is -2.19. The second kappa shape index (κ2) is 10.1. The number of nitrogens with zero attached hydrogens (tertiary/aromatic N) is 3. The van der Waals surface area contributed by atoms with E-state index in [1.807, 2.05) is 16.7 Å². The van der Waals surface area contributed by atoms with E-state index in [1.165, 1.54) is 23.4 Å². The van der Waals surface area contributed by atoms with Crippen LogP contribution in [0.5, 0.6) is 0 Å². The Labute approximate surface area is 175 Å². The Bertz CT molecular complexity index is 881. The topological polar surface area (TPSA) is 88.9 Å². The fraction of sp³-hybridized carbons (Fsp3) is 0.333. The highest BCUT2D eigenvalue weighted by Crippen LogP contribution is 2.27. The van der Waals surface area contributed by atoms with Gasteiger partial charge in [0, 0.05) is 18.7 Å². The quantitative estimate of drug-likeness (QED) is 0.510. The van der Waals surface area contributed by atoms with Gasteiger partial charge in [-0.25, -0.2) is 4.79 Å². The minimum absolute atomic E-state index is 0.0414. The van der Waals surface area contributed by atoms with Crippen LogP contribution >= 0.6 is 11.8 Å². The van der Waals surface area contributed by atoms with Gasteiger partial charge in [-0.3, -0.25) is 14.7 Å². The minimum Gasteiger partial charge on any atom is -0.334 e. The first-order valence-corrected chi connectivity index (χ1v) is 10.2. The molecule has 29 heavy (non-hydrogen) atoms. The Morgan fingerprint density at radius 3 is 2.41 bits per heavy atom. The number of aromatic nitrogens is 3. The monoisotopic (exact) mass is 413 g/mol. The molecule has 0 aliphatic rings. The van der Waals surface area contributed by atoms with E-state index in [1.54, 1.807) is 6.08 Å². The molecule has 0 aliphatic carbocycles. The summed E-state index contributed by atoms with van der Waals surface area (Å²) >= 11 is 1.21. The number of carbonyl (C=O) groups is 2. The van der Waals surface area contributed by atoms with Gasteiger partial charge in [0.1, 0.15) is 0 Å². The normalized spacial score (nSPS) is 11.0. The van der Waals surface area contributed by atoms with Crippen LogP contribution in [0.3, 0.4) is 0 Å². The molecule has 8 heteroatoms. The highest BCUT2D eigenvalue weighted by atomic mass is 32.2. The van der Waals surface area contributed by atoms with E-state index in [0.29, 0.717) is 17.5 Å². The summed E-state index contributed by atoms with van der Waals surface area (Å²) < 4.78 is 1.90. The molecule has 3 amide bonds. The third-order valence-corrected chi connectivity index (χ3v) is 5.00. The Hall–Kier alpha value is -2.87. The van der Waals surface area contributed by atoms with Crippen molar-refractivity contribution < 1.29 is 9.59 Å². The molecule has 0 bridgehead atoms. The van der Waals surface area contributed by atoms with Gasteiger partial charge in [0.2, 0.25) is 5.91 Å². The van der Waals surface area contributed by atoms with E-state index >= 15 is 0 Å². The van der Waals surface area contributed by atoms with Crippen molar-refractivity contribution in [1.29, 1.82) is 0 Å². The molecular formula is C21H27N5O2S. The van der Waals surface area contributed by atoms with Gasteiger partial charge in [0.05, 0.1) is 5.75 Å². The average molecular weight is 414 g/mol. The van der Waals surface area contributed by atoms with E-state index in [2.05, 4.69) is 66.9 Å².